The van der Waals surface area contributed by atoms with E-state index in [1.807, 2.05) is 32.3 Å². The van der Waals surface area contributed by atoms with Gasteiger partial charge < -0.3 is 19.7 Å². The van der Waals surface area contributed by atoms with Gasteiger partial charge >= 0.3 is 0 Å². The van der Waals surface area contributed by atoms with Gasteiger partial charge in [-0.2, -0.15) is 0 Å². The Morgan fingerprint density at radius 2 is 1.85 bits per heavy atom. The van der Waals surface area contributed by atoms with Crippen molar-refractivity contribution >= 4 is 36.4 Å². The summed E-state index contributed by atoms with van der Waals surface area (Å²) in [6.45, 7) is 2.72. The van der Waals surface area contributed by atoms with Crippen LogP contribution in [0.1, 0.15) is 11.1 Å². The Kier molecular flexibility index (Phi) is 12.4. The Hall–Kier alpha value is -1.24. The molecule has 0 atom stereocenters. The van der Waals surface area contributed by atoms with Crippen molar-refractivity contribution in [1.82, 2.24) is 10.2 Å². The summed E-state index contributed by atoms with van der Waals surface area (Å²) in [5.74, 6) is 0.963. The number of rotatable bonds is 9. The third kappa shape index (κ3) is 8.11. The smallest absolute Gasteiger partial charge is 0.166 e. The Morgan fingerprint density at radius 1 is 1.11 bits per heavy atom. The standard InChI is InChI=1S/C19H24ClFN2O2.2ClH/c1-23(2)10-9-22-12-14-5-4-6-18(24-3)19(14)25-13-15-7-8-16(21)11-17(15)20;;/h4-8,11,22H,9-10,12-13H2,1-3H3;2*1H. The highest BCUT2D eigenvalue weighted by atomic mass is 35.5. The average molecular weight is 440 g/mol. The quantitative estimate of drug-likeness (QED) is 0.581. The monoisotopic (exact) mass is 438 g/mol. The second kappa shape index (κ2) is 13.0. The summed E-state index contributed by atoms with van der Waals surface area (Å²) in [7, 11) is 5.68. The number of benzene rings is 2. The molecule has 0 fully saturated rings. The number of ether oxygens (including phenoxy) is 2. The topological polar surface area (TPSA) is 33.7 Å². The zero-order valence-corrected chi connectivity index (χ0v) is 18.0. The maximum absolute atomic E-state index is 13.2. The average Bonchev–Trinajstić information content (AvgIpc) is 2.58. The Morgan fingerprint density at radius 3 is 2.48 bits per heavy atom. The Bertz CT molecular complexity index is 703. The first-order chi connectivity index (χ1) is 12.0. The summed E-state index contributed by atoms with van der Waals surface area (Å²) in [6, 6.07) is 10.1. The van der Waals surface area contributed by atoms with Crippen molar-refractivity contribution in [2.24, 2.45) is 0 Å². The molecule has 0 aliphatic carbocycles. The van der Waals surface area contributed by atoms with E-state index in [1.165, 1.54) is 12.1 Å². The van der Waals surface area contributed by atoms with Gasteiger partial charge in [0.2, 0.25) is 0 Å². The molecule has 0 heterocycles. The number of hydrogen-bond donors (Lipinski definition) is 1. The van der Waals surface area contributed by atoms with Crippen molar-refractivity contribution in [1.29, 1.82) is 0 Å². The molecule has 8 heteroatoms. The third-order valence-electron chi connectivity index (χ3n) is 3.72. The molecular weight excluding hydrogens is 414 g/mol. The van der Waals surface area contributed by atoms with Crippen molar-refractivity contribution in [2.75, 3.05) is 34.3 Å². The van der Waals surface area contributed by atoms with E-state index in [4.69, 9.17) is 21.1 Å². The minimum atomic E-state index is -0.364. The van der Waals surface area contributed by atoms with Gasteiger partial charge in [-0.25, -0.2) is 4.39 Å². The van der Waals surface area contributed by atoms with E-state index >= 15 is 0 Å². The van der Waals surface area contributed by atoms with Crippen LogP contribution in [0, 0.1) is 5.82 Å². The summed E-state index contributed by atoms with van der Waals surface area (Å²) in [4.78, 5) is 2.12. The molecule has 152 valence electrons. The van der Waals surface area contributed by atoms with Gasteiger partial charge in [0.1, 0.15) is 12.4 Å². The number of methoxy groups -OCH3 is 1. The summed E-state index contributed by atoms with van der Waals surface area (Å²) < 4.78 is 24.5. The van der Waals surface area contributed by atoms with Crippen LogP contribution < -0.4 is 14.8 Å². The molecule has 0 saturated carbocycles. The van der Waals surface area contributed by atoms with Crippen LogP contribution in [0.2, 0.25) is 5.02 Å². The molecule has 0 aliphatic rings. The first-order valence-corrected chi connectivity index (χ1v) is 8.47. The van der Waals surface area contributed by atoms with Gasteiger partial charge in [-0.05, 0) is 32.3 Å². The Balaban J connectivity index is 0.00000338. The normalized spacial score (nSPS) is 10.1. The number of para-hydroxylation sites is 1. The third-order valence-corrected chi connectivity index (χ3v) is 4.07. The van der Waals surface area contributed by atoms with E-state index in [2.05, 4.69) is 10.2 Å². The lowest BCUT2D eigenvalue weighted by Gasteiger charge is -2.17. The van der Waals surface area contributed by atoms with Crippen molar-refractivity contribution < 1.29 is 13.9 Å². The molecular formula is C19H26Cl3FN2O2. The number of hydrogen-bond acceptors (Lipinski definition) is 4. The van der Waals surface area contributed by atoms with Crippen LogP contribution in [0.25, 0.3) is 0 Å². The maximum Gasteiger partial charge on any atom is 0.166 e. The largest absolute Gasteiger partial charge is 0.493 e. The molecule has 0 bridgehead atoms. The van der Waals surface area contributed by atoms with Crippen LogP contribution >= 0.6 is 36.4 Å². The molecule has 0 spiro atoms. The van der Waals surface area contributed by atoms with Crippen molar-refractivity contribution in [2.45, 2.75) is 13.2 Å². The highest BCUT2D eigenvalue weighted by Gasteiger charge is 2.12. The summed E-state index contributed by atoms with van der Waals surface area (Å²) in [5.41, 5.74) is 1.72. The van der Waals surface area contributed by atoms with Gasteiger partial charge in [0.25, 0.3) is 0 Å². The van der Waals surface area contributed by atoms with Crippen molar-refractivity contribution in [3.8, 4) is 11.5 Å². The molecule has 0 aromatic heterocycles. The first kappa shape index (κ1) is 25.8. The summed E-state index contributed by atoms with van der Waals surface area (Å²) >= 11 is 6.07. The van der Waals surface area contributed by atoms with Crippen LogP contribution in [0.4, 0.5) is 4.39 Å². The molecule has 4 nitrogen and oxygen atoms in total. The predicted molar refractivity (Wildman–Crippen MR) is 113 cm³/mol. The zero-order valence-electron chi connectivity index (χ0n) is 15.6. The highest BCUT2D eigenvalue weighted by molar-refractivity contribution is 6.31. The SMILES string of the molecule is COc1cccc(CNCCN(C)C)c1OCc1ccc(F)cc1Cl.Cl.Cl. The van der Waals surface area contributed by atoms with Gasteiger partial charge in [0.15, 0.2) is 11.5 Å². The maximum atomic E-state index is 13.2. The van der Waals surface area contributed by atoms with Crippen LogP contribution in [-0.2, 0) is 13.2 Å². The molecule has 27 heavy (non-hydrogen) atoms. The van der Waals surface area contributed by atoms with Crippen molar-refractivity contribution in [3.05, 3.63) is 58.4 Å². The molecule has 0 aliphatic heterocycles. The lowest BCUT2D eigenvalue weighted by Crippen LogP contribution is -2.26. The molecule has 1 N–H and O–H groups in total. The molecule has 0 unspecified atom stereocenters. The highest BCUT2D eigenvalue weighted by Crippen LogP contribution is 2.32. The van der Waals surface area contributed by atoms with Gasteiger partial charge in [0.05, 0.1) is 12.1 Å². The second-order valence-corrected chi connectivity index (χ2v) is 6.36. The molecule has 2 aromatic rings. The summed E-state index contributed by atoms with van der Waals surface area (Å²) in [5, 5.41) is 3.74. The second-order valence-electron chi connectivity index (χ2n) is 5.95. The zero-order chi connectivity index (χ0) is 18.2. The predicted octanol–water partition coefficient (Wildman–Crippen LogP) is 4.56. The van der Waals surface area contributed by atoms with E-state index in [-0.39, 0.29) is 37.2 Å². The molecule has 0 radical (unpaired) electrons. The van der Waals surface area contributed by atoms with Crippen LogP contribution in [-0.4, -0.2) is 39.2 Å². The van der Waals surface area contributed by atoms with Gasteiger partial charge in [-0.15, -0.1) is 24.8 Å². The fourth-order valence-electron chi connectivity index (χ4n) is 2.34. The first-order valence-electron chi connectivity index (χ1n) is 8.09. The number of nitrogens with one attached hydrogen (secondary N) is 1. The minimum Gasteiger partial charge on any atom is -0.493 e. The lowest BCUT2D eigenvalue weighted by atomic mass is 10.1. The molecule has 0 amide bonds. The Labute approximate surface area is 177 Å². The van der Waals surface area contributed by atoms with Crippen LogP contribution in [0.3, 0.4) is 0 Å². The number of nitrogens with zero attached hydrogens (tertiary/aromatic N) is 1. The fraction of sp³-hybridized carbons (Fsp3) is 0.368. The van der Waals surface area contributed by atoms with Crippen LogP contribution in [0.5, 0.6) is 11.5 Å². The van der Waals surface area contributed by atoms with Crippen molar-refractivity contribution in [3.63, 3.8) is 0 Å². The molecule has 0 saturated heterocycles. The fourth-order valence-corrected chi connectivity index (χ4v) is 2.56. The van der Waals surface area contributed by atoms with E-state index in [1.54, 1.807) is 13.2 Å². The molecule has 2 rings (SSSR count). The van der Waals surface area contributed by atoms with Gasteiger partial charge in [0, 0.05) is 30.8 Å². The number of halogens is 4. The van der Waals surface area contributed by atoms with Crippen LogP contribution in [0.15, 0.2) is 36.4 Å². The van der Waals surface area contributed by atoms with Gasteiger partial charge in [-0.3, -0.25) is 0 Å². The van der Waals surface area contributed by atoms with E-state index in [0.717, 1.165) is 24.2 Å². The van der Waals surface area contributed by atoms with Gasteiger partial charge in [-0.1, -0.05) is 29.8 Å². The minimum absolute atomic E-state index is 0. The van der Waals surface area contributed by atoms with E-state index < -0.39 is 0 Å². The number of likely N-dealkylation sites (N-methyl/N-ethyl adjacent to an activating group) is 1. The molecule has 2 aromatic carbocycles. The van der Waals surface area contributed by atoms with E-state index in [0.29, 0.717) is 23.1 Å². The lowest BCUT2D eigenvalue weighted by molar-refractivity contribution is 0.280. The van der Waals surface area contributed by atoms with E-state index in [9.17, 15) is 4.39 Å². The summed E-state index contributed by atoms with van der Waals surface area (Å²) in [6.07, 6.45) is 0.